The smallest absolute Gasteiger partial charge is 0.136 e. The molecule has 0 amide bonds. The van der Waals surface area contributed by atoms with Crippen molar-refractivity contribution in [1.82, 2.24) is 10.3 Å². The van der Waals surface area contributed by atoms with Gasteiger partial charge in [0.15, 0.2) is 0 Å². The van der Waals surface area contributed by atoms with Crippen molar-refractivity contribution in [3.63, 3.8) is 0 Å². The number of carbonyl (C=O) groups excluding carboxylic acids is 1. The second kappa shape index (κ2) is 4.25. The van der Waals surface area contributed by atoms with Crippen molar-refractivity contribution in [3.05, 3.63) is 35.5 Å². The first kappa shape index (κ1) is 11.5. The van der Waals surface area contributed by atoms with Gasteiger partial charge in [0.2, 0.25) is 0 Å². The van der Waals surface area contributed by atoms with E-state index in [0.29, 0.717) is 18.6 Å². The molecule has 0 aliphatic carbocycles. The molecule has 2 heterocycles. The maximum atomic E-state index is 11.7. The highest BCUT2D eigenvalue weighted by atomic mass is 16.1. The first-order chi connectivity index (χ1) is 8.65. The standard InChI is InChI=1S/C15H18N2O/c1-9-4-3-5-12-13(8-16-15(9)12)14-7-11(18)6-10(2)17-14/h3-5,8,10,14,16-17H,6-7H2,1-2H3. The zero-order valence-electron chi connectivity index (χ0n) is 10.8. The topological polar surface area (TPSA) is 44.9 Å². The Morgan fingerprint density at radius 3 is 2.89 bits per heavy atom. The molecule has 0 saturated carbocycles. The zero-order chi connectivity index (χ0) is 12.7. The van der Waals surface area contributed by atoms with Crippen LogP contribution in [0.25, 0.3) is 10.9 Å². The van der Waals surface area contributed by atoms with Gasteiger partial charge >= 0.3 is 0 Å². The lowest BCUT2D eigenvalue weighted by atomic mass is 9.92. The largest absolute Gasteiger partial charge is 0.361 e. The van der Waals surface area contributed by atoms with Gasteiger partial charge in [-0.05, 0) is 25.0 Å². The van der Waals surface area contributed by atoms with Crippen LogP contribution in [-0.2, 0) is 4.79 Å². The third-order valence-corrected chi connectivity index (χ3v) is 3.78. The summed E-state index contributed by atoms with van der Waals surface area (Å²) in [4.78, 5) is 15.1. The first-order valence-electron chi connectivity index (χ1n) is 6.49. The van der Waals surface area contributed by atoms with E-state index in [1.54, 1.807) is 0 Å². The lowest BCUT2D eigenvalue weighted by Gasteiger charge is -2.27. The Hall–Kier alpha value is -1.61. The summed E-state index contributed by atoms with van der Waals surface area (Å²) >= 11 is 0. The number of H-pyrrole nitrogens is 1. The molecule has 94 valence electrons. The maximum Gasteiger partial charge on any atom is 0.136 e. The first-order valence-corrected chi connectivity index (χ1v) is 6.49. The van der Waals surface area contributed by atoms with Crippen molar-refractivity contribution in [1.29, 1.82) is 0 Å². The number of para-hydroxylation sites is 1. The lowest BCUT2D eigenvalue weighted by molar-refractivity contribution is -0.121. The van der Waals surface area contributed by atoms with Gasteiger partial charge in [0.1, 0.15) is 5.78 Å². The van der Waals surface area contributed by atoms with Crippen LogP contribution in [0.1, 0.15) is 36.9 Å². The van der Waals surface area contributed by atoms with Crippen LogP contribution in [0.15, 0.2) is 24.4 Å². The molecule has 0 spiro atoms. The van der Waals surface area contributed by atoms with Gasteiger partial charge in [0, 0.05) is 42.0 Å². The number of Topliss-reactive ketones (excluding diaryl/α,β-unsaturated/α-hetero) is 1. The monoisotopic (exact) mass is 242 g/mol. The number of hydrogen-bond donors (Lipinski definition) is 2. The zero-order valence-corrected chi connectivity index (χ0v) is 10.8. The number of benzene rings is 1. The number of fused-ring (bicyclic) bond motifs is 1. The van der Waals surface area contributed by atoms with Crippen molar-refractivity contribution in [2.75, 3.05) is 0 Å². The summed E-state index contributed by atoms with van der Waals surface area (Å²) in [6, 6.07) is 6.72. The van der Waals surface area contributed by atoms with Crippen LogP contribution in [-0.4, -0.2) is 16.8 Å². The number of ketones is 1. The van der Waals surface area contributed by atoms with Gasteiger partial charge in [-0.15, -0.1) is 0 Å². The SMILES string of the molecule is Cc1cccc2c(C3CC(=O)CC(C)N3)c[nH]c12. The van der Waals surface area contributed by atoms with E-state index in [4.69, 9.17) is 0 Å². The minimum Gasteiger partial charge on any atom is -0.361 e. The Balaban J connectivity index is 2.04. The predicted octanol–water partition coefficient (Wildman–Crippen LogP) is 2.86. The number of nitrogens with one attached hydrogen (secondary N) is 2. The van der Waals surface area contributed by atoms with Crippen molar-refractivity contribution >= 4 is 16.7 Å². The number of piperidine rings is 1. The molecule has 3 rings (SSSR count). The fourth-order valence-electron chi connectivity index (χ4n) is 2.93. The Bertz CT molecular complexity index is 600. The number of aromatic nitrogens is 1. The summed E-state index contributed by atoms with van der Waals surface area (Å²) in [6.07, 6.45) is 3.30. The highest BCUT2D eigenvalue weighted by Crippen LogP contribution is 2.30. The molecule has 2 N–H and O–H groups in total. The van der Waals surface area contributed by atoms with Crippen molar-refractivity contribution in [3.8, 4) is 0 Å². The number of rotatable bonds is 1. The van der Waals surface area contributed by atoms with Gasteiger partial charge in [0.25, 0.3) is 0 Å². The minimum absolute atomic E-state index is 0.150. The molecule has 1 fully saturated rings. The fraction of sp³-hybridized carbons (Fsp3) is 0.400. The Kier molecular flexibility index (Phi) is 2.71. The van der Waals surface area contributed by atoms with Gasteiger partial charge in [-0.3, -0.25) is 4.79 Å². The van der Waals surface area contributed by atoms with E-state index in [0.717, 1.165) is 0 Å². The van der Waals surface area contributed by atoms with Crippen molar-refractivity contribution < 1.29 is 4.79 Å². The van der Waals surface area contributed by atoms with E-state index in [9.17, 15) is 4.79 Å². The molecule has 1 aliphatic heterocycles. The van der Waals surface area contributed by atoms with Crippen LogP contribution in [0.4, 0.5) is 0 Å². The van der Waals surface area contributed by atoms with E-state index >= 15 is 0 Å². The summed E-state index contributed by atoms with van der Waals surface area (Å²) in [5, 5.41) is 4.75. The van der Waals surface area contributed by atoms with Crippen LogP contribution in [0, 0.1) is 6.92 Å². The molecule has 0 bridgehead atoms. The summed E-state index contributed by atoms with van der Waals surface area (Å²) < 4.78 is 0. The quantitative estimate of drug-likeness (QED) is 0.807. The minimum atomic E-state index is 0.150. The molecule has 18 heavy (non-hydrogen) atoms. The molecule has 1 aromatic carbocycles. The second-order valence-electron chi connectivity index (χ2n) is 5.31. The normalized spacial score (nSPS) is 24.7. The van der Waals surface area contributed by atoms with Crippen molar-refractivity contribution in [2.24, 2.45) is 0 Å². The molecule has 2 atom stereocenters. The maximum absolute atomic E-state index is 11.7. The predicted molar refractivity (Wildman–Crippen MR) is 72.6 cm³/mol. The van der Waals surface area contributed by atoms with Crippen LogP contribution >= 0.6 is 0 Å². The van der Waals surface area contributed by atoms with Crippen LogP contribution in [0.5, 0.6) is 0 Å². The fourth-order valence-corrected chi connectivity index (χ4v) is 2.93. The molecule has 2 unspecified atom stereocenters. The Labute approximate surface area is 107 Å². The summed E-state index contributed by atoms with van der Waals surface area (Å²) in [7, 11) is 0. The van der Waals surface area contributed by atoms with Crippen LogP contribution in [0.3, 0.4) is 0 Å². The molecule has 1 saturated heterocycles. The van der Waals surface area contributed by atoms with Crippen LogP contribution < -0.4 is 5.32 Å². The third-order valence-electron chi connectivity index (χ3n) is 3.78. The highest BCUT2D eigenvalue weighted by molar-refractivity contribution is 5.88. The summed E-state index contributed by atoms with van der Waals surface area (Å²) in [5.41, 5.74) is 3.64. The lowest BCUT2D eigenvalue weighted by Crippen LogP contribution is -2.38. The summed E-state index contributed by atoms with van der Waals surface area (Å²) in [5.74, 6) is 0.355. The van der Waals surface area contributed by atoms with Crippen LogP contribution in [0.2, 0.25) is 0 Å². The molecule has 2 aromatic rings. The Morgan fingerprint density at radius 2 is 2.11 bits per heavy atom. The van der Waals surface area contributed by atoms with Crippen molar-refractivity contribution in [2.45, 2.75) is 38.8 Å². The van der Waals surface area contributed by atoms with E-state index in [2.05, 4.69) is 42.3 Å². The van der Waals surface area contributed by atoms with E-state index in [1.807, 2.05) is 6.20 Å². The van der Waals surface area contributed by atoms with Gasteiger partial charge in [-0.2, -0.15) is 0 Å². The van der Waals surface area contributed by atoms with E-state index < -0.39 is 0 Å². The van der Waals surface area contributed by atoms with Gasteiger partial charge < -0.3 is 10.3 Å². The Morgan fingerprint density at radius 1 is 1.28 bits per heavy atom. The molecular formula is C15H18N2O. The molecule has 0 radical (unpaired) electrons. The third kappa shape index (κ3) is 1.85. The molecule has 3 heteroatoms. The summed E-state index contributed by atoms with van der Waals surface area (Å²) in [6.45, 7) is 4.18. The highest BCUT2D eigenvalue weighted by Gasteiger charge is 2.26. The number of hydrogen-bond acceptors (Lipinski definition) is 2. The number of carbonyl (C=O) groups is 1. The number of aromatic amines is 1. The molecule has 1 aromatic heterocycles. The average Bonchev–Trinajstić information content (AvgIpc) is 2.73. The van der Waals surface area contributed by atoms with Gasteiger partial charge in [-0.25, -0.2) is 0 Å². The molecule has 3 nitrogen and oxygen atoms in total. The van der Waals surface area contributed by atoms with E-state index in [1.165, 1.54) is 22.0 Å². The second-order valence-corrected chi connectivity index (χ2v) is 5.31. The van der Waals surface area contributed by atoms with Gasteiger partial charge in [0.05, 0.1) is 0 Å². The molecule has 1 aliphatic rings. The number of aryl methyl sites for hydroxylation is 1. The molecular weight excluding hydrogens is 224 g/mol. The van der Waals surface area contributed by atoms with E-state index in [-0.39, 0.29) is 12.1 Å². The van der Waals surface area contributed by atoms with Gasteiger partial charge in [-0.1, -0.05) is 18.2 Å². The average molecular weight is 242 g/mol.